The first-order valence-corrected chi connectivity index (χ1v) is 14.9. The molecule has 1 saturated heterocycles. The molecule has 2 aliphatic heterocycles. The number of halogens is 2. The van der Waals surface area contributed by atoms with E-state index >= 15 is 0 Å². The summed E-state index contributed by atoms with van der Waals surface area (Å²) in [5.41, 5.74) is 10.6. The molecule has 9 nitrogen and oxygen atoms in total. The number of fused-ring (bicyclic) bond motifs is 1. The molecule has 0 aliphatic carbocycles. The van der Waals surface area contributed by atoms with Crippen LogP contribution in [0.3, 0.4) is 0 Å². The zero-order valence-corrected chi connectivity index (χ0v) is 25.4. The minimum Gasteiger partial charge on any atom is -0.462 e. The Balaban J connectivity index is 1.28. The number of esters is 1. The van der Waals surface area contributed by atoms with E-state index in [1.54, 1.807) is 34.9 Å². The van der Waals surface area contributed by atoms with Crippen molar-refractivity contribution in [3.05, 3.63) is 93.2 Å². The minimum absolute atomic E-state index is 0.243. The number of nitrogens with one attached hydrogen (secondary N) is 1. The van der Waals surface area contributed by atoms with Gasteiger partial charge in [-0.05, 0) is 59.0 Å². The highest BCUT2D eigenvalue weighted by atomic mass is 35.5. The van der Waals surface area contributed by atoms with E-state index in [0.29, 0.717) is 51.6 Å². The number of anilines is 1. The summed E-state index contributed by atoms with van der Waals surface area (Å²) >= 11 is 13.2. The van der Waals surface area contributed by atoms with Gasteiger partial charge in [-0.1, -0.05) is 47.5 Å². The molecule has 6 rings (SSSR count). The second kappa shape index (κ2) is 12.4. The molecule has 3 aromatic carbocycles. The summed E-state index contributed by atoms with van der Waals surface area (Å²) in [6, 6.07) is 15.4. The van der Waals surface area contributed by atoms with Crippen molar-refractivity contribution in [2.45, 2.75) is 20.0 Å². The van der Waals surface area contributed by atoms with E-state index in [2.05, 4.69) is 21.5 Å². The molecule has 0 bridgehead atoms. The second-order valence-corrected chi connectivity index (χ2v) is 11.3. The number of nitrogens with zero attached hydrogens (tertiary/aromatic N) is 4. The number of hydrogen-bond donors (Lipinski definition) is 1. The van der Waals surface area contributed by atoms with Gasteiger partial charge in [0.25, 0.3) is 5.91 Å². The maximum Gasteiger partial charge on any atom is 0.340 e. The fourth-order valence-corrected chi connectivity index (χ4v) is 6.25. The zero-order valence-electron chi connectivity index (χ0n) is 23.9. The normalized spacial score (nSPS) is 14.9. The van der Waals surface area contributed by atoms with Crippen LogP contribution in [0.5, 0.6) is 0 Å². The Morgan fingerprint density at radius 3 is 2.49 bits per heavy atom. The van der Waals surface area contributed by atoms with E-state index in [0.717, 1.165) is 39.1 Å². The number of carbonyl (C=O) groups is 2. The van der Waals surface area contributed by atoms with Crippen LogP contribution in [0.1, 0.15) is 38.8 Å². The van der Waals surface area contributed by atoms with Crippen LogP contribution < -0.4 is 10.3 Å². The zero-order chi connectivity index (χ0) is 30.1. The number of aryl methyl sites for hydroxylation is 1. The van der Waals surface area contributed by atoms with Gasteiger partial charge >= 0.3 is 5.97 Å². The number of hydrogen-bond acceptors (Lipinski definition) is 7. The highest BCUT2D eigenvalue weighted by molar-refractivity contribution is 6.40. The number of hydrazine groups is 1. The molecule has 1 fully saturated rings. The fraction of sp³-hybridized carbons (Fsp3) is 0.281. The van der Waals surface area contributed by atoms with Crippen molar-refractivity contribution in [1.82, 2.24) is 20.2 Å². The topological polar surface area (TPSA) is 88.9 Å². The summed E-state index contributed by atoms with van der Waals surface area (Å²) in [5.74, 6) is -0.649. The molecule has 0 unspecified atom stereocenters. The Morgan fingerprint density at radius 2 is 1.79 bits per heavy atom. The summed E-state index contributed by atoms with van der Waals surface area (Å²) in [6.07, 6.45) is 3.58. The number of benzene rings is 3. The van der Waals surface area contributed by atoms with Crippen LogP contribution in [-0.2, 0) is 29.6 Å². The van der Waals surface area contributed by atoms with E-state index in [-0.39, 0.29) is 27.5 Å². The van der Waals surface area contributed by atoms with Gasteiger partial charge in [0.05, 0.1) is 59.4 Å². The summed E-state index contributed by atoms with van der Waals surface area (Å²) in [4.78, 5) is 28.6. The van der Waals surface area contributed by atoms with Crippen LogP contribution >= 0.6 is 23.2 Å². The largest absolute Gasteiger partial charge is 0.462 e. The third-order valence-electron chi connectivity index (χ3n) is 7.74. The van der Waals surface area contributed by atoms with Crippen LogP contribution in [0.4, 0.5) is 5.69 Å². The van der Waals surface area contributed by atoms with Gasteiger partial charge in [0.1, 0.15) is 0 Å². The molecule has 222 valence electrons. The molecule has 0 saturated carbocycles. The maximum absolute atomic E-state index is 13.7. The predicted molar refractivity (Wildman–Crippen MR) is 166 cm³/mol. The number of carbonyl (C=O) groups excluding carboxylic acids is 2. The third-order valence-corrected chi connectivity index (χ3v) is 8.34. The predicted octanol–water partition coefficient (Wildman–Crippen LogP) is 5.73. The van der Waals surface area contributed by atoms with Crippen molar-refractivity contribution in [1.29, 1.82) is 0 Å². The van der Waals surface area contributed by atoms with Gasteiger partial charge in [0.2, 0.25) is 0 Å². The van der Waals surface area contributed by atoms with E-state index in [4.69, 9.17) is 32.7 Å². The van der Waals surface area contributed by atoms with Crippen LogP contribution in [0, 0.1) is 0 Å². The van der Waals surface area contributed by atoms with Gasteiger partial charge in [-0.2, -0.15) is 5.10 Å². The molecule has 1 amide bonds. The van der Waals surface area contributed by atoms with Gasteiger partial charge in [-0.25, -0.2) is 10.2 Å². The number of ether oxygens (including phenoxy) is 2. The Bertz CT molecular complexity index is 1680. The quantitative estimate of drug-likeness (QED) is 0.276. The first-order chi connectivity index (χ1) is 20.8. The van der Waals surface area contributed by atoms with E-state index < -0.39 is 0 Å². The van der Waals surface area contributed by atoms with Crippen molar-refractivity contribution >= 4 is 40.8 Å². The van der Waals surface area contributed by atoms with Crippen LogP contribution in [0.2, 0.25) is 10.0 Å². The molecule has 1 aromatic heterocycles. The average molecular weight is 621 g/mol. The number of aromatic nitrogens is 2. The Labute approximate surface area is 259 Å². The number of morpholine rings is 1. The van der Waals surface area contributed by atoms with Crippen molar-refractivity contribution in [2.75, 3.05) is 37.8 Å². The molecule has 2 aliphatic rings. The number of amides is 1. The molecule has 43 heavy (non-hydrogen) atoms. The SMILES string of the molecule is CCOC(=O)c1ccc(-c2cccc3c2CNN(C(=O)c2c(Cl)cc(-c4cnn(C)c4)cc2Cl)C3)cc1N1CCOCC1. The molecule has 0 radical (unpaired) electrons. The van der Waals surface area contributed by atoms with Crippen molar-refractivity contribution in [2.24, 2.45) is 7.05 Å². The average Bonchev–Trinajstić information content (AvgIpc) is 3.46. The van der Waals surface area contributed by atoms with Crippen LogP contribution in [-0.4, -0.2) is 59.6 Å². The molecule has 3 heterocycles. The van der Waals surface area contributed by atoms with E-state index in [1.807, 2.05) is 43.6 Å². The lowest BCUT2D eigenvalue weighted by atomic mass is 9.92. The molecule has 0 atom stereocenters. The van der Waals surface area contributed by atoms with Crippen molar-refractivity contribution in [3.63, 3.8) is 0 Å². The first-order valence-electron chi connectivity index (χ1n) is 14.1. The summed E-state index contributed by atoms with van der Waals surface area (Å²) in [5, 5.41) is 6.29. The Kier molecular flexibility index (Phi) is 8.41. The van der Waals surface area contributed by atoms with E-state index in [1.165, 1.54) is 0 Å². The molecule has 4 aromatic rings. The van der Waals surface area contributed by atoms with Crippen LogP contribution in [0.25, 0.3) is 22.3 Å². The summed E-state index contributed by atoms with van der Waals surface area (Å²) < 4.78 is 12.6. The van der Waals surface area contributed by atoms with Gasteiger partial charge < -0.3 is 14.4 Å². The number of rotatable bonds is 6. The van der Waals surface area contributed by atoms with Gasteiger partial charge in [0.15, 0.2) is 0 Å². The fourth-order valence-electron chi connectivity index (χ4n) is 5.60. The lowest BCUT2D eigenvalue weighted by Gasteiger charge is -2.32. The second-order valence-electron chi connectivity index (χ2n) is 10.4. The Morgan fingerprint density at radius 1 is 1.02 bits per heavy atom. The molecule has 11 heteroatoms. The molecule has 0 spiro atoms. The monoisotopic (exact) mass is 619 g/mol. The highest BCUT2D eigenvalue weighted by Gasteiger charge is 2.28. The first kappa shape index (κ1) is 29.2. The Hall–Kier alpha value is -3.89. The standard InChI is InChI=1S/C32H31Cl2N5O4/c1-3-43-32(41)25-8-7-20(15-29(25)38-9-11-42-12-10-38)24-6-4-5-21-19-39(36-17-26(21)24)31(40)30-27(33)13-22(14-28(30)34)23-16-35-37(2)18-23/h4-8,13-16,18,36H,3,9-12,17,19H2,1-2H3. The molecular weight excluding hydrogens is 589 g/mol. The van der Waals surface area contributed by atoms with Crippen molar-refractivity contribution in [3.8, 4) is 22.3 Å². The lowest BCUT2D eigenvalue weighted by Crippen LogP contribution is -2.45. The van der Waals surface area contributed by atoms with Gasteiger partial charge in [0, 0.05) is 38.4 Å². The smallest absolute Gasteiger partial charge is 0.340 e. The summed E-state index contributed by atoms with van der Waals surface area (Å²) in [7, 11) is 1.83. The summed E-state index contributed by atoms with van der Waals surface area (Å²) in [6.45, 7) is 5.44. The van der Waals surface area contributed by atoms with E-state index in [9.17, 15) is 9.59 Å². The minimum atomic E-state index is -0.341. The van der Waals surface area contributed by atoms with Crippen LogP contribution in [0.15, 0.2) is 60.9 Å². The van der Waals surface area contributed by atoms with Crippen molar-refractivity contribution < 1.29 is 19.1 Å². The van der Waals surface area contributed by atoms with Gasteiger partial charge in [-0.15, -0.1) is 0 Å². The lowest BCUT2D eigenvalue weighted by molar-refractivity contribution is 0.0525. The molecular formula is C32H31Cl2N5O4. The highest BCUT2D eigenvalue weighted by Crippen LogP contribution is 2.36. The van der Waals surface area contributed by atoms with Gasteiger partial charge in [-0.3, -0.25) is 14.5 Å². The maximum atomic E-state index is 13.7. The third kappa shape index (κ3) is 5.86. The molecule has 1 N–H and O–H groups in total.